The predicted octanol–water partition coefficient (Wildman–Crippen LogP) is 3.10. The van der Waals surface area contributed by atoms with Crippen LogP contribution in [0, 0.1) is 6.92 Å². The molecular weight excluding hydrogens is 310 g/mol. The molecule has 118 valence electrons. The molecule has 1 aromatic carbocycles. The van der Waals surface area contributed by atoms with Gasteiger partial charge in [0.15, 0.2) is 0 Å². The van der Waals surface area contributed by atoms with Gasteiger partial charge in [-0.15, -0.1) is 0 Å². The van der Waals surface area contributed by atoms with Crippen molar-refractivity contribution in [3.05, 3.63) is 71.3 Å². The number of aliphatic imine (C=N–C) groups is 1. The van der Waals surface area contributed by atoms with Gasteiger partial charge in [0.1, 0.15) is 5.17 Å². The zero-order valence-corrected chi connectivity index (χ0v) is 13.9. The Hall–Kier alpha value is -2.40. The van der Waals surface area contributed by atoms with Gasteiger partial charge in [0.05, 0.1) is 24.3 Å². The van der Waals surface area contributed by atoms with Crippen molar-refractivity contribution >= 4 is 16.8 Å². The van der Waals surface area contributed by atoms with Gasteiger partial charge in [0.25, 0.3) is 0 Å². The first-order valence-corrected chi connectivity index (χ1v) is 7.75. The van der Waals surface area contributed by atoms with Crippen LogP contribution in [0.5, 0.6) is 0 Å². The van der Waals surface area contributed by atoms with Crippen molar-refractivity contribution < 1.29 is 0 Å². The molecular formula is C17H18ClN5. The van der Waals surface area contributed by atoms with E-state index in [9.17, 15) is 0 Å². The van der Waals surface area contributed by atoms with Gasteiger partial charge < -0.3 is 0 Å². The van der Waals surface area contributed by atoms with E-state index in [2.05, 4.69) is 39.5 Å². The van der Waals surface area contributed by atoms with Crippen LogP contribution in [-0.4, -0.2) is 31.8 Å². The highest BCUT2D eigenvalue weighted by atomic mass is 35.5. The van der Waals surface area contributed by atoms with E-state index in [-0.39, 0.29) is 0 Å². The van der Waals surface area contributed by atoms with Crippen LogP contribution in [0.25, 0.3) is 0 Å². The molecule has 3 rings (SSSR count). The van der Waals surface area contributed by atoms with E-state index in [1.807, 2.05) is 34.7 Å². The van der Waals surface area contributed by atoms with Gasteiger partial charge in [-0.25, -0.2) is 0 Å². The minimum absolute atomic E-state index is 0.489. The highest BCUT2D eigenvalue weighted by Gasteiger charge is 2.09. The van der Waals surface area contributed by atoms with Crippen LogP contribution in [-0.2, 0) is 13.1 Å². The molecule has 0 atom stereocenters. The van der Waals surface area contributed by atoms with E-state index in [4.69, 9.17) is 11.6 Å². The van der Waals surface area contributed by atoms with Crippen LogP contribution >= 0.6 is 11.6 Å². The fraction of sp³-hybridized carbons (Fsp3) is 0.235. The fourth-order valence-electron chi connectivity index (χ4n) is 2.44. The molecule has 3 aromatic rings. The molecule has 0 bridgehead atoms. The Morgan fingerprint density at radius 2 is 1.78 bits per heavy atom. The largest absolute Gasteiger partial charge is 0.276 e. The van der Waals surface area contributed by atoms with Gasteiger partial charge in [0, 0.05) is 25.6 Å². The molecule has 0 spiro atoms. The minimum Gasteiger partial charge on any atom is -0.276 e. The molecule has 0 saturated carbocycles. The summed E-state index contributed by atoms with van der Waals surface area (Å²) in [6, 6.07) is 10.4. The normalized spacial score (nSPS) is 11.9. The molecule has 2 aromatic heterocycles. The summed E-state index contributed by atoms with van der Waals surface area (Å²) in [6.45, 7) is 3.42. The lowest BCUT2D eigenvalue weighted by molar-refractivity contribution is 0.674. The number of halogens is 1. The summed E-state index contributed by atoms with van der Waals surface area (Å²) in [6.07, 6.45) is 5.68. The first-order valence-electron chi connectivity index (χ1n) is 7.37. The Labute approximate surface area is 140 Å². The van der Waals surface area contributed by atoms with Gasteiger partial charge in [-0.1, -0.05) is 35.9 Å². The molecule has 0 amide bonds. The summed E-state index contributed by atoms with van der Waals surface area (Å²) in [4.78, 5) is 4.01. The van der Waals surface area contributed by atoms with Crippen LogP contribution in [0.2, 0.25) is 0 Å². The second-order valence-corrected chi connectivity index (χ2v) is 5.72. The third kappa shape index (κ3) is 3.68. The zero-order valence-electron chi connectivity index (χ0n) is 13.1. The number of benzene rings is 1. The van der Waals surface area contributed by atoms with Crippen molar-refractivity contribution in [3.8, 4) is 0 Å². The average Bonchev–Trinajstić information content (AvgIpc) is 3.18. The average molecular weight is 328 g/mol. The van der Waals surface area contributed by atoms with E-state index < -0.39 is 0 Å². The zero-order chi connectivity index (χ0) is 16.2. The Balaban J connectivity index is 1.71. The Morgan fingerprint density at radius 3 is 2.35 bits per heavy atom. The van der Waals surface area contributed by atoms with Gasteiger partial charge in [0.2, 0.25) is 0 Å². The molecule has 0 aliphatic rings. The highest BCUT2D eigenvalue weighted by molar-refractivity contribution is 6.69. The van der Waals surface area contributed by atoms with Crippen molar-refractivity contribution in [1.82, 2.24) is 19.6 Å². The quantitative estimate of drug-likeness (QED) is 0.676. The SMILES string of the molecule is CN=C(Cl)c1cn(Cc2ccc(Cn3cccn3)cc2)nc1C. The maximum Gasteiger partial charge on any atom is 0.134 e. The van der Waals surface area contributed by atoms with Crippen molar-refractivity contribution in [2.45, 2.75) is 20.0 Å². The molecule has 5 nitrogen and oxygen atoms in total. The van der Waals surface area contributed by atoms with E-state index in [0.717, 1.165) is 17.8 Å². The van der Waals surface area contributed by atoms with Gasteiger partial charge in [-0.3, -0.25) is 14.4 Å². The molecule has 0 fully saturated rings. The summed E-state index contributed by atoms with van der Waals surface area (Å²) in [5.41, 5.74) is 4.17. The second-order valence-electron chi connectivity index (χ2n) is 5.36. The topological polar surface area (TPSA) is 48.0 Å². The number of hydrogen-bond donors (Lipinski definition) is 0. The number of aromatic nitrogens is 4. The van der Waals surface area contributed by atoms with E-state index >= 15 is 0 Å². The molecule has 2 heterocycles. The summed E-state index contributed by atoms with van der Waals surface area (Å²) >= 11 is 6.09. The third-order valence-corrected chi connectivity index (χ3v) is 4.01. The predicted molar refractivity (Wildman–Crippen MR) is 92.2 cm³/mol. The molecule has 0 aliphatic heterocycles. The van der Waals surface area contributed by atoms with Crippen molar-refractivity contribution in [2.24, 2.45) is 4.99 Å². The maximum absolute atomic E-state index is 6.09. The molecule has 23 heavy (non-hydrogen) atoms. The van der Waals surface area contributed by atoms with Crippen molar-refractivity contribution in [1.29, 1.82) is 0 Å². The third-order valence-electron chi connectivity index (χ3n) is 3.64. The van der Waals surface area contributed by atoms with Gasteiger partial charge in [-0.2, -0.15) is 10.2 Å². The number of rotatable bonds is 5. The summed E-state index contributed by atoms with van der Waals surface area (Å²) in [5, 5.41) is 9.20. The van der Waals surface area contributed by atoms with E-state index in [1.165, 1.54) is 11.1 Å². The highest BCUT2D eigenvalue weighted by Crippen LogP contribution is 2.13. The van der Waals surface area contributed by atoms with E-state index in [0.29, 0.717) is 11.7 Å². The Bertz CT molecular complexity index is 800. The minimum atomic E-state index is 0.489. The van der Waals surface area contributed by atoms with Crippen LogP contribution in [0.1, 0.15) is 22.4 Å². The van der Waals surface area contributed by atoms with Gasteiger partial charge >= 0.3 is 0 Å². The van der Waals surface area contributed by atoms with Gasteiger partial charge in [-0.05, 0) is 24.1 Å². The first-order chi connectivity index (χ1) is 11.2. The molecule has 0 unspecified atom stereocenters. The summed E-state index contributed by atoms with van der Waals surface area (Å²) < 4.78 is 3.80. The lowest BCUT2D eigenvalue weighted by Crippen LogP contribution is -2.02. The van der Waals surface area contributed by atoms with Crippen LogP contribution in [0.15, 0.2) is 53.9 Å². The monoisotopic (exact) mass is 327 g/mol. The van der Waals surface area contributed by atoms with Crippen molar-refractivity contribution in [2.75, 3.05) is 7.05 Å². The number of nitrogens with zero attached hydrogens (tertiary/aromatic N) is 5. The summed E-state index contributed by atoms with van der Waals surface area (Å²) in [5.74, 6) is 0. The molecule has 0 aliphatic carbocycles. The van der Waals surface area contributed by atoms with Crippen LogP contribution in [0.3, 0.4) is 0 Å². The molecule has 0 radical (unpaired) electrons. The standard InChI is InChI=1S/C17H18ClN5/c1-13-16(17(18)19-2)12-23(21-13)11-15-6-4-14(5-7-15)10-22-9-3-8-20-22/h3-9,12H,10-11H2,1-2H3. The molecule has 0 saturated heterocycles. The first kappa shape index (κ1) is 15.5. The lowest BCUT2D eigenvalue weighted by Gasteiger charge is -2.05. The smallest absolute Gasteiger partial charge is 0.134 e. The van der Waals surface area contributed by atoms with Crippen LogP contribution < -0.4 is 0 Å². The number of aryl methyl sites for hydroxylation is 1. The lowest BCUT2D eigenvalue weighted by atomic mass is 10.1. The molecule has 0 N–H and O–H groups in total. The van der Waals surface area contributed by atoms with E-state index in [1.54, 1.807) is 13.2 Å². The summed E-state index contributed by atoms with van der Waals surface area (Å²) in [7, 11) is 1.68. The second kappa shape index (κ2) is 6.79. The maximum atomic E-state index is 6.09. The molecule has 6 heteroatoms. The Kier molecular flexibility index (Phi) is 4.57. The van der Waals surface area contributed by atoms with Crippen LogP contribution in [0.4, 0.5) is 0 Å². The fourth-order valence-corrected chi connectivity index (χ4v) is 2.63. The number of hydrogen-bond acceptors (Lipinski definition) is 3. The van der Waals surface area contributed by atoms with Crippen molar-refractivity contribution in [3.63, 3.8) is 0 Å². The Morgan fingerprint density at radius 1 is 1.13 bits per heavy atom.